The molecule has 5 rings (SSSR count). The van der Waals surface area contributed by atoms with E-state index >= 15 is 0 Å². The van der Waals surface area contributed by atoms with Crippen LogP contribution in [0.2, 0.25) is 0 Å². The predicted octanol–water partition coefficient (Wildman–Crippen LogP) is 6.05. The molecule has 0 unspecified atom stereocenters. The molecule has 0 bridgehead atoms. The van der Waals surface area contributed by atoms with Crippen molar-refractivity contribution in [2.75, 3.05) is 0 Å². The van der Waals surface area contributed by atoms with Crippen molar-refractivity contribution in [1.82, 2.24) is 0 Å². The third kappa shape index (κ3) is 1.95. The van der Waals surface area contributed by atoms with Gasteiger partial charge in [0.1, 0.15) is 0 Å². The Hall–Kier alpha value is -2.23. The number of carbonyl (C=O) groups excluding carboxylic acids is 1. The maximum atomic E-state index is 13.2. The summed E-state index contributed by atoms with van der Waals surface area (Å²) in [4.78, 5) is 13.2. The average Bonchev–Trinajstić information content (AvgIpc) is 3.16. The summed E-state index contributed by atoms with van der Waals surface area (Å²) in [5.41, 5.74) is 4.92. The van der Waals surface area contributed by atoms with Crippen molar-refractivity contribution in [3.63, 3.8) is 0 Å². The summed E-state index contributed by atoms with van der Waals surface area (Å²) in [6.45, 7) is 0. The van der Waals surface area contributed by atoms with Gasteiger partial charge in [-0.05, 0) is 32.7 Å². The number of carbonyl (C=O) groups is 1. The van der Waals surface area contributed by atoms with Crippen molar-refractivity contribution < 1.29 is 4.79 Å². The lowest BCUT2D eigenvalue weighted by Gasteiger charge is -2.24. The van der Waals surface area contributed by atoms with Crippen LogP contribution in [0.5, 0.6) is 0 Å². The highest BCUT2D eigenvalue weighted by molar-refractivity contribution is 8.27. The minimum absolute atomic E-state index is 0.128. The van der Waals surface area contributed by atoms with Gasteiger partial charge in [-0.25, -0.2) is 0 Å². The molecule has 24 heavy (non-hydrogen) atoms. The van der Waals surface area contributed by atoms with Crippen molar-refractivity contribution >= 4 is 45.7 Å². The molecule has 0 amide bonds. The standard InChI is InChI=1S/C21H12OS2/c22-20-16-8-4-3-7-15(16)19(21-23-11-12-24-21)17-10-9-13-5-1-2-6-14(13)18(17)20/h1-12H. The summed E-state index contributed by atoms with van der Waals surface area (Å²) in [5, 5.41) is 6.35. The Kier molecular flexibility index (Phi) is 3.18. The molecule has 0 aromatic heterocycles. The zero-order valence-corrected chi connectivity index (χ0v) is 14.3. The summed E-state index contributed by atoms with van der Waals surface area (Å²) in [7, 11) is 0. The van der Waals surface area contributed by atoms with Crippen LogP contribution >= 0.6 is 23.5 Å². The minimum atomic E-state index is 0.128. The quantitative estimate of drug-likeness (QED) is 0.386. The first-order valence-electron chi connectivity index (χ1n) is 7.73. The van der Waals surface area contributed by atoms with Gasteiger partial charge in [-0.3, -0.25) is 4.79 Å². The molecule has 0 fully saturated rings. The molecule has 1 aliphatic carbocycles. The second-order valence-corrected chi connectivity index (χ2v) is 7.84. The maximum Gasteiger partial charge on any atom is 0.194 e. The van der Waals surface area contributed by atoms with Gasteiger partial charge in [0.25, 0.3) is 0 Å². The van der Waals surface area contributed by atoms with Gasteiger partial charge in [0.05, 0.1) is 4.24 Å². The van der Waals surface area contributed by atoms with E-state index in [2.05, 4.69) is 41.1 Å². The van der Waals surface area contributed by atoms with E-state index in [1.807, 2.05) is 30.3 Å². The lowest BCUT2D eigenvalue weighted by Crippen LogP contribution is -2.15. The molecular formula is C21H12OS2. The van der Waals surface area contributed by atoms with E-state index in [4.69, 9.17) is 0 Å². The predicted molar refractivity (Wildman–Crippen MR) is 104 cm³/mol. The van der Waals surface area contributed by atoms with Crippen LogP contribution in [0.3, 0.4) is 0 Å². The van der Waals surface area contributed by atoms with Crippen LogP contribution in [-0.2, 0) is 0 Å². The Morgan fingerprint density at radius 1 is 0.667 bits per heavy atom. The Morgan fingerprint density at radius 2 is 1.38 bits per heavy atom. The lowest BCUT2D eigenvalue weighted by atomic mass is 9.80. The topological polar surface area (TPSA) is 17.1 Å². The van der Waals surface area contributed by atoms with E-state index < -0.39 is 0 Å². The molecule has 1 nitrogen and oxygen atoms in total. The molecule has 0 N–H and O–H groups in total. The van der Waals surface area contributed by atoms with Crippen LogP contribution in [0, 0.1) is 0 Å². The zero-order valence-electron chi connectivity index (χ0n) is 12.7. The van der Waals surface area contributed by atoms with Crippen LogP contribution in [-0.4, -0.2) is 5.78 Å². The third-order valence-electron chi connectivity index (χ3n) is 4.48. The largest absolute Gasteiger partial charge is 0.289 e. The van der Waals surface area contributed by atoms with E-state index in [1.165, 1.54) is 9.81 Å². The van der Waals surface area contributed by atoms with Gasteiger partial charge in [-0.15, -0.1) is 0 Å². The summed E-state index contributed by atoms with van der Waals surface area (Å²) < 4.78 is 1.24. The molecule has 3 aromatic carbocycles. The molecule has 2 aliphatic rings. The minimum Gasteiger partial charge on any atom is -0.289 e. The Morgan fingerprint density at radius 3 is 2.21 bits per heavy atom. The number of fused-ring (bicyclic) bond motifs is 4. The first-order chi connectivity index (χ1) is 11.8. The van der Waals surface area contributed by atoms with E-state index in [-0.39, 0.29) is 5.78 Å². The first kappa shape index (κ1) is 14.1. The molecule has 0 saturated carbocycles. The second kappa shape index (κ2) is 5.40. The summed E-state index contributed by atoms with van der Waals surface area (Å²) in [6.07, 6.45) is 0. The highest BCUT2D eigenvalue weighted by Gasteiger charge is 2.30. The van der Waals surface area contributed by atoms with Gasteiger partial charge in [-0.2, -0.15) is 0 Å². The monoisotopic (exact) mass is 344 g/mol. The van der Waals surface area contributed by atoms with Crippen molar-refractivity contribution in [2.45, 2.75) is 0 Å². The molecular weight excluding hydrogens is 332 g/mol. The third-order valence-corrected chi connectivity index (χ3v) is 6.61. The highest BCUT2D eigenvalue weighted by atomic mass is 32.2. The molecule has 1 heterocycles. The molecule has 3 aromatic rings. The number of ketones is 1. The molecule has 114 valence electrons. The normalized spacial score (nSPS) is 15.8. The molecule has 3 heteroatoms. The van der Waals surface area contributed by atoms with Gasteiger partial charge >= 0.3 is 0 Å². The maximum absolute atomic E-state index is 13.2. The van der Waals surface area contributed by atoms with Crippen molar-refractivity contribution in [3.8, 4) is 0 Å². The van der Waals surface area contributed by atoms with Crippen LogP contribution in [0.25, 0.3) is 16.3 Å². The van der Waals surface area contributed by atoms with E-state index in [0.29, 0.717) is 0 Å². The fourth-order valence-electron chi connectivity index (χ4n) is 3.45. The Balaban J connectivity index is 1.93. The number of hydrogen-bond acceptors (Lipinski definition) is 3. The fourth-order valence-corrected chi connectivity index (χ4v) is 5.37. The van der Waals surface area contributed by atoms with Crippen LogP contribution in [0.1, 0.15) is 27.0 Å². The highest BCUT2D eigenvalue weighted by Crippen LogP contribution is 2.49. The Bertz CT molecular complexity index is 1070. The fraction of sp³-hybridized carbons (Fsp3) is 0. The molecule has 0 radical (unpaired) electrons. The van der Waals surface area contributed by atoms with Gasteiger partial charge in [0, 0.05) is 16.7 Å². The lowest BCUT2D eigenvalue weighted by molar-refractivity contribution is 0.103. The van der Waals surface area contributed by atoms with E-state index in [0.717, 1.165) is 33.0 Å². The summed E-state index contributed by atoms with van der Waals surface area (Å²) >= 11 is 3.47. The summed E-state index contributed by atoms with van der Waals surface area (Å²) in [6, 6.07) is 20.3. The number of benzene rings is 3. The van der Waals surface area contributed by atoms with Gasteiger partial charge in [0.2, 0.25) is 0 Å². The zero-order chi connectivity index (χ0) is 16.1. The van der Waals surface area contributed by atoms with Crippen LogP contribution in [0.15, 0.2) is 75.7 Å². The smallest absolute Gasteiger partial charge is 0.194 e. The van der Waals surface area contributed by atoms with Gasteiger partial charge in [-0.1, -0.05) is 84.2 Å². The number of rotatable bonds is 0. The number of hydrogen-bond donors (Lipinski definition) is 0. The van der Waals surface area contributed by atoms with E-state index in [9.17, 15) is 4.79 Å². The SMILES string of the molecule is O=C1c2ccccc2C(=C2SC=CS2)c2ccc3ccccc3c21. The first-order valence-corrected chi connectivity index (χ1v) is 9.49. The molecule has 0 saturated heterocycles. The molecule has 1 aliphatic heterocycles. The summed E-state index contributed by atoms with van der Waals surface area (Å²) in [5.74, 6) is 0.128. The van der Waals surface area contributed by atoms with Crippen LogP contribution in [0.4, 0.5) is 0 Å². The van der Waals surface area contributed by atoms with Crippen molar-refractivity contribution in [2.24, 2.45) is 0 Å². The molecule has 0 atom stereocenters. The van der Waals surface area contributed by atoms with Crippen LogP contribution < -0.4 is 0 Å². The van der Waals surface area contributed by atoms with E-state index in [1.54, 1.807) is 23.5 Å². The average molecular weight is 344 g/mol. The van der Waals surface area contributed by atoms with Gasteiger partial charge < -0.3 is 0 Å². The molecule has 0 spiro atoms. The Labute approximate surface area is 148 Å². The van der Waals surface area contributed by atoms with Crippen molar-refractivity contribution in [3.05, 3.63) is 98.0 Å². The second-order valence-electron chi connectivity index (χ2n) is 5.75. The number of thioether (sulfide) groups is 2. The van der Waals surface area contributed by atoms with Crippen molar-refractivity contribution in [1.29, 1.82) is 0 Å². The van der Waals surface area contributed by atoms with Gasteiger partial charge in [0.15, 0.2) is 5.78 Å².